The smallest absolute Gasteiger partial charge is 0.306 e. The molecule has 1 rings (SSSR count). The Hall–Kier alpha value is -2.39. The molecule has 0 radical (unpaired) electrons. The number of aliphatic hydroxyl groups excluding tert-OH is 3. The van der Waals surface area contributed by atoms with Crippen LogP contribution in [0.25, 0.3) is 0 Å². The van der Waals surface area contributed by atoms with E-state index in [0.717, 1.165) is 77.0 Å². The third-order valence-electron chi connectivity index (χ3n) is 11.4. The van der Waals surface area contributed by atoms with Crippen molar-refractivity contribution in [2.24, 2.45) is 0 Å². The van der Waals surface area contributed by atoms with E-state index in [1.807, 2.05) is 0 Å². The van der Waals surface area contributed by atoms with Gasteiger partial charge < -0.3 is 34.3 Å². The van der Waals surface area contributed by atoms with Crippen molar-refractivity contribution in [3.63, 3.8) is 0 Å². The SMILES string of the molecule is CCCCC/C=C\C/C=C\CCCCCCCCCCCC(=O)OC(COC(=O)CCCCCCCCC/C=C\C/C=C\CCCCC)COC1OC(CS(=O)(=O)O)C(O)C(O)C1O. The molecule has 0 aromatic carbocycles. The maximum Gasteiger partial charge on any atom is 0.306 e. The van der Waals surface area contributed by atoms with Crippen LogP contribution in [0.5, 0.6) is 0 Å². The van der Waals surface area contributed by atoms with E-state index >= 15 is 0 Å². The molecule has 0 bridgehead atoms. The van der Waals surface area contributed by atoms with Gasteiger partial charge in [0.1, 0.15) is 36.8 Å². The Morgan fingerprint density at radius 1 is 0.531 bits per heavy atom. The molecule has 0 amide bonds. The van der Waals surface area contributed by atoms with Gasteiger partial charge in [-0.05, 0) is 77.0 Å². The second-order valence-corrected chi connectivity index (χ2v) is 19.0. The largest absolute Gasteiger partial charge is 0.462 e. The molecule has 4 N–H and O–H groups in total. The lowest BCUT2D eigenvalue weighted by Gasteiger charge is -2.40. The van der Waals surface area contributed by atoms with Gasteiger partial charge in [-0.1, -0.05) is 165 Å². The van der Waals surface area contributed by atoms with Crippen molar-refractivity contribution in [1.82, 2.24) is 0 Å². The maximum atomic E-state index is 12.9. The number of hydrogen-bond donors (Lipinski definition) is 4. The van der Waals surface area contributed by atoms with Crippen LogP contribution >= 0.6 is 0 Å². The van der Waals surface area contributed by atoms with Crippen molar-refractivity contribution in [2.75, 3.05) is 19.0 Å². The fourth-order valence-electron chi connectivity index (χ4n) is 7.44. The maximum absolute atomic E-state index is 12.9. The summed E-state index contributed by atoms with van der Waals surface area (Å²) in [6.07, 6.45) is 40.0. The van der Waals surface area contributed by atoms with Gasteiger partial charge in [0.05, 0.1) is 6.61 Å². The van der Waals surface area contributed by atoms with Crippen LogP contribution in [0.4, 0.5) is 0 Å². The Bertz CT molecular complexity index is 1360. The number of carbonyl (C=O) groups excluding carboxylic acids is 2. The van der Waals surface area contributed by atoms with Gasteiger partial charge in [-0.2, -0.15) is 8.42 Å². The molecule has 0 saturated carbocycles. The minimum absolute atomic E-state index is 0.157. The fraction of sp³-hybridized carbons (Fsp3) is 0.804. The zero-order chi connectivity index (χ0) is 46.9. The van der Waals surface area contributed by atoms with Gasteiger partial charge in [-0.15, -0.1) is 0 Å². The molecule has 0 aromatic rings. The molecule has 1 aliphatic rings. The van der Waals surface area contributed by atoms with Gasteiger partial charge in [0.15, 0.2) is 12.4 Å². The highest BCUT2D eigenvalue weighted by molar-refractivity contribution is 7.85. The second kappa shape index (κ2) is 40.8. The molecule has 0 spiro atoms. The molecule has 6 unspecified atom stereocenters. The number of ether oxygens (including phenoxy) is 4. The Morgan fingerprint density at radius 2 is 0.938 bits per heavy atom. The first kappa shape index (κ1) is 59.6. The van der Waals surface area contributed by atoms with E-state index in [1.54, 1.807) is 0 Å². The van der Waals surface area contributed by atoms with Crippen LogP contribution in [0.15, 0.2) is 48.6 Å². The minimum Gasteiger partial charge on any atom is -0.462 e. The Kier molecular flexibility index (Phi) is 38.1. The zero-order valence-corrected chi connectivity index (χ0v) is 40.7. The van der Waals surface area contributed by atoms with Crippen LogP contribution in [0.1, 0.15) is 206 Å². The van der Waals surface area contributed by atoms with Crippen molar-refractivity contribution in [2.45, 2.75) is 243 Å². The van der Waals surface area contributed by atoms with Crippen molar-refractivity contribution in [3.05, 3.63) is 48.6 Å². The van der Waals surface area contributed by atoms with E-state index in [2.05, 4.69) is 62.5 Å². The van der Waals surface area contributed by atoms with Crippen LogP contribution in [-0.4, -0.2) is 96.0 Å². The summed E-state index contributed by atoms with van der Waals surface area (Å²) in [4.78, 5) is 25.5. The predicted molar refractivity (Wildman–Crippen MR) is 256 cm³/mol. The third-order valence-corrected chi connectivity index (χ3v) is 12.1. The first-order valence-electron chi connectivity index (χ1n) is 25.2. The van der Waals surface area contributed by atoms with Crippen molar-refractivity contribution in [3.8, 4) is 0 Å². The van der Waals surface area contributed by atoms with Crippen molar-refractivity contribution < 1.29 is 56.8 Å². The van der Waals surface area contributed by atoms with E-state index < -0.39 is 71.2 Å². The summed E-state index contributed by atoms with van der Waals surface area (Å²) in [7, 11) is -4.61. The molecule has 1 saturated heterocycles. The molecule has 0 aromatic heterocycles. The van der Waals surface area contributed by atoms with Gasteiger partial charge in [-0.3, -0.25) is 14.1 Å². The number of hydrogen-bond acceptors (Lipinski definition) is 11. The lowest BCUT2D eigenvalue weighted by atomic mass is 10.00. The van der Waals surface area contributed by atoms with Crippen molar-refractivity contribution >= 4 is 22.1 Å². The van der Waals surface area contributed by atoms with E-state index in [9.17, 15) is 37.9 Å². The van der Waals surface area contributed by atoms with Crippen LogP contribution in [0.2, 0.25) is 0 Å². The molecule has 1 aliphatic heterocycles. The Balaban J connectivity index is 2.40. The number of allylic oxidation sites excluding steroid dienone is 8. The lowest BCUT2D eigenvalue weighted by molar-refractivity contribution is -0.297. The molecule has 6 atom stereocenters. The van der Waals surface area contributed by atoms with Crippen LogP contribution in [-0.2, 0) is 38.7 Å². The quantitative estimate of drug-likeness (QED) is 0.0197. The third kappa shape index (κ3) is 34.9. The highest BCUT2D eigenvalue weighted by Crippen LogP contribution is 2.24. The molecule has 372 valence electrons. The van der Waals surface area contributed by atoms with E-state index in [-0.39, 0.29) is 19.4 Å². The summed E-state index contributed by atoms with van der Waals surface area (Å²) in [6, 6.07) is 0. The summed E-state index contributed by atoms with van der Waals surface area (Å²) in [6.45, 7) is 3.72. The van der Waals surface area contributed by atoms with Gasteiger partial charge in [0, 0.05) is 12.8 Å². The number of unbranched alkanes of at least 4 members (excludes halogenated alkanes) is 22. The molecule has 64 heavy (non-hydrogen) atoms. The summed E-state index contributed by atoms with van der Waals surface area (Å²) < 4.78 is 54.2. The first-order valence-corrected chi connectivity index (χ1v) is 26.8. The second-order valence-electron chi connectivity index (χ2n) is 17.5. The zero-order valence-electron chi connectivity index (χ0n) is 39.9. The topological polar surface area (TPSA) is 186 Å². The molecule has 1 heterocycles. The number of aliphatic hydroxyl groups is 3. The average Bonchev–Trinajstić information content (AvgIpc) is 3.26. The minimum atomic E-state index is -4.61. The van der Waals surface area contributed by atoms with Gasteiger partial charge in [0.2, 0.25) is 0 Å². The molecule has 0 aliphatic carbocycles. The number of rotatable bonds is 42. The predicted octanol–water partition coefficient (Wildman–Crippen LogP) is 11.1. The van der Waals surface area contributed by atoms with Gasteiger partial charge in [-0.25, -0.2) is 0 Å². The molecule has 12 nitrogen and oxygen atoms in total. The number of esters is 2. The lowest BCUT2D eigenvalue weighted by Crippen LogP contribution is -2.60. The normalized spacial score (nSPS) is 20.0. The monoisotopic (exact) mass is 927 g/mol. The fourth-order valence-corrected chi connectivity index (χ4v) is 8.13. The molecule has 1 fully saturated rings. The van der Waals surface area contributed by atoms with Crippen LogP contribution < -0.4 is 0 Å². The molecular weight excluding hydrogens is 837 g/mol. The van der Waals surface area contributed by atoms with E-state index in [4.69, 9.17) is 18.9 Å². The van der Waals surface area contributed by atoms with Gasteiger partial charge >= 0.3 is 11.9 Å². The summed E-state index contributed by atoms with van der Waals surface area (Å²) in [5.74, 6) is -2.00. The highest BCUT2D eigenvalue weighted by Gasteiger charge is 2.46. The highest BCUT2D eigenvalue weighted by atomic mass is 32.2. The molecule has 13 heteroatoms. The van der Waals surface area contributed by atoms with Crippen LogP contribution in [0.3, 0.4) is 0 Å². The Morgan fingerprint density at radius 3 is 1.38 bits per heavy atom. The van der Waals surface area contributed by atoms with E-state index in [1.165, 1.54) is 89.9 Å². The van der Waals surface area contributed by atoms with Crippen molar-refractivity contribution in [1.29, 1.82) is 0 Å². The average molecular weight is 927 g/mol. The van der Waals surface area contributed by atoms with E-state index in [0.29, 0.717) is 12.8 Å². The standard InChI is InChI=1S/C51H90O12S/c1-3-5-7-9-11-13-15-17-19-21-22-24-26-28-30-32-34-36-38-40-47(53)62-44(42-61-51-50(56)49(55)48(54)45(63-51)43-64(57,58)59)41-60-46(52)39-37-35-33-31-29-27-25-23-20-18-16-14-12-10-8-6-4-2/h11-14,17-20,44-45,48-51,54-56H,3-10,15-16,21-43H2,1-2H3,(H,57,58,59)/b13-11-,14-12-,19-17-,20-18-. The molecular formula is C51H90O12S. The summed E-state index contributed by atoms with van der Waals surface area (Å²) in [5, 5.41) is 31.0. The first-order chi connectivity index (χ1) is 31.0. The summed E-state index contributed by atoms with van der Waals surface area (Å²) in [5.41, 5.74) is 0. The van der Waals surface area contributed by atoms with Crippen LogP contribution in [0, 0.1) is 0 Å². The summed E-state index contributed by atoms with van der Waals surface area (Å²) >= 11 is 0. The Labute approximate surface area is 388 Å². The van der Waals surface area contributed by atoms with Gasteiger partial charge in [0.25, 0.3) is 10.1 Å². The number of carbonyl (C=O) groups is 2.